The summed E-state index contributed by atoms with van der Waals surface area (Å²) in [5.74, 6) is -0.603. The number of nitrogens with zero attached hydrogens (tertiary/aromatic N) is 2. The monoisotopic (exact) mass is 208 g/mol. The maximum atomic E-state index is 12.6. The molecule has 0 radical (unpaired) electrons. The molecule has 0 bridgehead atoms. The second-order valence-corrected chi connectivity index (χ2v) is 3.86. The first-order valence-corrected chi connectivity index (χ1v) is 5.11. The van der Waals surface area contributed by atoms with Gasteiger partial charge in [0.25, 0.3) is 5.91 Å². The van der Waals surface area contributed by atoms with Crippen LogP contribution in [0.4, 0.5) is 4.39 Å². The van der Waals surface area contributed by atoms with E-state index in [-0.39, 0.29) is 11.9 Å². The van der Waals surface area contributed by atoms with Gasteiger partial charge in [0.05, 0.1) is 5.56 Å². The largest absolute Gasteiger partial charge is 0.336 e. The third kappa shape index (κ3) is 1.98. The number of pyridine rings is 1. The maximum Gasteiger partial charge on any atom is 0.255 e. The highest BCUT2D eigenvalue weighted by atomic mass is 19.1. The zero-order valence-electron chi connectivity index (χ0n) is 8.61. The van der Waals surface area contributed by atoms with Gasteiger partial charge in [-0.3, -0.25) is 4.79 Å². The molecule has 2 rings (SSSR count). The highest BCUT2D eigenvalue weighted by molar-refractivity contribution is 5.94. The molecule has 80 valence electrons. The summed E-state index contributed by atoms with van der Waals surface area (Å²) in [5, 5.41) is 0. The lowest BCUT2D eigenvalue weighted by molar-refractivity contribution is 0.0747. The number of likely N-dealkylation sites (tertiary alicyclic amines) is 1. The molecule has 1 unspecified atom stereocenters. The van der Waals surface area contributed by atoms with Crippen molar-refractivity contribution in [2.45, 2.75) is 25.8 Å². The van der Waals surface area contributed by atoms with Gasteiger partial charge in [-0.25, -0.2) is 4.98 Å². The smallest absolute Gasteiger partial charge is 0.255 e. The van der Waals surface area contributed by atoms with Crippen molar-refractivity contribution in [1.82, 2.24) is 9.88 Å². The Morgan fingerprint density at radius 3 is 2.93 bits per heavy atom. The number of amides is 1. The Balaban J connectivity index is 2.17. The van der Waals surface area contributed by atoms with Crippen LogP contribution in [0.25, 0.3) is 0 Å². The number of carbonyl (C=O) groups is 1. The van der Waals surface area contributed by atoms with Crippen LogP contribution in [0, 0.1) is 5.95 Å². The molecule has 0 saturated carbocycles. The predicted octanol–water partition coefficient (Wildman–Crippen LogP) is 1.85. The van der Waals surface area contributed by atoms with E-state index >= 15 is 0 Å². The fourth-order valence-electron chi connectivity index (χ4n) is 1.90. The van der Waals surface area contributed by atoms with Crippen molar-refractivity contribution in [3.05, 3.63) is 29.8 Å². The summed E-state index contributed by atoms with van der Waals surface area (Å²) < 4.78 is 12.6. The van der Waals surface area contributed by atoms with Crippen LogP contribution < -0.4 is 0 Å². The van der Waals surface area contributed by atoms with Crippen molar-refractivity contribution >= 4 is 5.91 Å². The van der Waals surface area contributed by atoms with Crippen molar-refractivity contribution in [3.8, 4) is 0 Å². The average molecular weight is 208 g/mol. The van der Waals surface area contributed by atoms with Crippen LogP contribution in [0.2, 0.25) is 0 Å². The van der Waals surface area contributed by atoms with Gasteiger partial charge in [-0.2, -0.15) is 4.39 Å². The van der Waals surface area contributed by atoms with Crippen LogP contribution in [-0.2, 0) is 0 Å². The van der Waals surface area contributed by atoms with Gasteiger partial charge < -0.3 is 4.90 Å². The van der Waals surface area contributed by atoms with E-state index in [4.69, 9.17) is 0 Å². The number of hydrogen-bond acceptors (Lipinski definition) is 2. The first-order chi connectivity index (χ1) is 7.18. The quantitative estimate of drug-likeness (QED) is 0.660. The van der Waals surface area contributed by atoms with Gasteiger partial charge in [0, 0.05) is 18.8 Å². The van der Waals surface area contributed by atoms with Gasteiger partial charge in [-0.1, -0.05) is 0 Å². The number of hydrogen-bond donors (Lipinski definition) is 0. The second-order valence-electron chi connectivity index (χ2n) is 3.86. The topological polar surface area (TPSA) is 33.2 Å². The van der Waals surface area contributed by atoms with Crippen molar-refractivity contribution in [1.29, 1.82) is 0 Å². The molecule has 2 heterocycles. The van der Waals surface area contributed by atoms with Crippen molar-refractivity contribution in [2.75, 3.05) is 6.54 Å². The van der Waals surface area contributed by atoms with E-state index in [9.17, 15) is 9.18 Å². The summed E-state index contributed by atoms with van der Waals surface area (Å²) in [5.41, 5.74) is 0.463. The first-order valence-electron chi connectivity index (χ1n) is 5.11. The molecule has 1 aromatic rings. The zero-order chi connectivity index (χ0) is 10.8. The summed E-state index contributed by atoms with van der Waals surface area (Å²) in [6.07, 6.45) is 3.38. The summed E-state index contributed by atoms with van der Waals surface area (Å²) in [6, 6.07) is 2.98. The molecule has 1 aliphatic rings. The van der Waals surface area contributed by atoms with E-state index in [1.807, 2.05) is 11.8 Å². The van der Waals surface area contributed by atoms with Crippen molar-refractivity contribution in [2.24, 2.45) is 0 Å². The molecule has 3 nitrogen and oxygen atoms in total. The average Bonchev–Trinajstić information content (AvgIpc) is 2.65. The lowest BCUT2D eigenvalue weighted by Crippen LogP contribution is -2.33. The van der Waals surface area contributed by atoms with Crippen LogP contribution in [0.15, 0.2) is 18.3 Å². The highest BCUT2D eigenvalue weighted by Crippen LogP contribution is 2.19. The van der Waals surface area contributed by atoms with E-state index in [1.54, 1.807) is 0 Å². The molecule has 0 aliphatic carbocycles. The first kappa shape index (κ1) is 10.1. The molecule has 15 heavy (non-hydrogen) atoms. The van der Waals surface area contributed by atoms with E-state index in [0.717, 1.165) is 19.4 Å². The van der Waals surface area contributed by atoms with Gasteiger partial charge in [0.1, 0.15) is 0 Å². The minimum absolute atomic E-state index is 0.0486. The van der Waals surface area contributed by atoms with Crippen LogP contribution in [0.3, 0.4) is 0 Å². The molecule has 1 atom stereocenters. The highest BCUT2D eigenvalue weighted by Gasteiger charge is 2.25. The van der Waals surface area contributed by atoms with Gasteiger partial charge >= 0.3 is 0 Å². The fourth-order valence-corrected chi connectivity index (χ4v) is 1.90. The van der Waals surface area contributed by atoms with E-state index in [2.05, 4.69) is 4.98 Å². The third-order valence-corrected chi connectivity index (χ3v) is 2.79. The van der Waals surface area contributed by atoms with E-state index in [0.29, 0.717) is 5.56 Å². The van der Waals surface area contributed by atoms with Gasteiger partial charge in [0.15, 0.2) is 0 Å². The Bertz CT molecular complexity index is 363. The van der Waals surface area contributed by atoms with Gasteiger partial charge in [-0.15, -0.1) is 0 Å². The molecular weight excluding hydrogens is 195 g/mol. The number of carbonyl (C=O) groups excluding carboxylic acids is 1. The lowest BCUT2D eigenvalue weighted by Gasteiger charge is -2.21. The van der Waals surface area contributed by atoms with E-state index in [1.165, 1.54) is 18.3 Å². The van der Waals surface area contributed by atoms with Crippen LogP contribution in [0.5, 0.6) is 0 Å². The SMILES string of the molecule is CC1CCCN1C(=O)c1ccc(F)nc1. The molecule has 4 heteroatoms. The minimum Gasteiger partial charge on any atom is -0.336 e. The Hall–Kier alpha value is -1.45. The third-order valence-electron chi connectivity index (χ3n) is 2.79. The molecular formula is C11H13FN2O. The Morgan fingerprint density at radius 2 is 2.40 bits per heavy atom. The molecule has 1 aromatic heterocycles. The minimum atomic E-state index is -0.555. The van der Waals surface area contributed by atoms with Gasteiger partial charge in [-0.05, 0) is 31.9 Å². The molecule has 1 aliphatic heterocycles. The zero-order valence-corrected chi connectivity index (χ0v) is 8.61. The van der Waals surface area contributed by atoms with E-state index < -0.39 is 5.95 Å². The standard InChI is InChI=1S/C11H13FN2O/c1-8-3-2-6-14(8)11(15)9-4-5-10(12)13-7-9/h4-5,7-8H,2-3,6H2,1H3. The molecule has 0 aromatic carbocycles. The van der Waals surface area contributed by atoms with Crippen LogP contribution in [-0.4, -0.2) is 28.4 Å². The lowest BCUT2D eigenvalue weighted by atomic mass is 10.2. The summed E-state index contributed by atoms with van der Waals surface area (Å²) >= 11 is 0. The summed E-state index contributed by atoms with van der Waals surface area (Å²) in [6.45, 7) is 2.82. The van der Waals surface area contributed by atoms with Crippen molar-refractivity contribution < 1.29 is 9.18 Å². The molecule has 0 N–H and O–H groups in total. The maximum absolute atomic E-state index is 12.6. The predicted molar refractivity (Wildman–Crippen MR) is 53.9 cm³/mol. The Labute approximate surface area is 87.9 Å². The van der Waals surface area contributed by atoms with Gasteiger partial charge in [0.2, 0.25) is 5.95 Å². The van der Waals surface area contributed by atoms with Crippen molar-refractivity contribution in [3.63, 3.8) is 0 Å². The summed E-state index contributed by atoms with van der Waals surface area (Å²) in [7, 11) is 0. The van der Waals surface area contributed by atoms with Crippen LogP contribution in [0.1, 0.15) is 30.1 Å². The second kappa shape index (κ2) is 3.96. The Morgan fingerprint density at radius 1 is 1.60 bits per heavy atom. The normalized spacial score (nSPS) is 20.7. The number of halogens is 1. The molecule has 1 fully saturated rings. The van der Waals surface area contributed by atoms with Crippen LogP contribution >= 0.6 is 0 Å². The molecule has 1 saturated heterocycles. The molecule has 1 amide bonds. The number of aromatic nitrogens is 1. The fraction of sp³-hybridized carbons (Fsp3) is 0.455. The molecule has 0 spiro atoms. The summed E-state index contributed by atoms with van der Waals surface area (Å²) in [4.78, 5) is 17.2. The number of rotatable bonds is 1. The Kier molecular flexibility index (Phi) is 2.66.